The summed E-state index contributed by atoms with van der Waals surface area (Å²) in [6.07, 6.45) is 1.32. The van der Waals surface area contributed by atoms with Gasteiger partial charge in [0.05, 0.1) is 11.7 Å². The molecule has 0 saturated carbocycles. The molecule has 1 aliphatic heterocycles. The molecule has 1 fully saturated rings. The lowest BCUT2D eigenvalue weighted by Crippen LogP contribution is -2.46. The van der Waals surface area contributed by atoms with Crippen LogP contribution in [0.5, 0.6) is 0 Å². The van der Waals surface area contributed by atoms with Crippen LogP contribution in [-0.2, 0) is 4.74 Å². The largest absolute Gasteiger partial charge is 0.444 e. The Labute approximate surface area is 127 Å². The number of rotatable bonds is 2. The molecular weight excluding hydrogens is 300 g/mol. The fraction of sp³-hybridized carbons (Fsp3) is 0.750. The van der Waals surface area contributed by atoms with Gasteiger partial charge >= 0.3 is 6.09 Å². The SMILES string of the molecule is CC(C)(C)OC(=O)NC1CCN(c2nsnc2Cl)CC1. The standard InChI is InChI=1S/C12H19ClN4O2S/c1-12(2,3)19-11(18)14-8-4-6-17(7-5-8)10-9(13)15-20-16-10/h8H,4-7H2,1-3H3,(H,14,18). The highest BCUT2D eigenvalue weighted by Crippen LogP contribution is 2.25. The van der Waals surface area contributed by atoms with Gasteiger partial charge in [-0.25, -0.2) is 4.79 Å². The van der Waals surface area contributed by atoms with E-state index in [0.29, 0.717) is 5.15 Å². The predicted octanol–water partition coefficient (Wildman–Crippen LogP) is 2.69. The van der Waals surface area contributed by atoms with Crippen LogP contribution in [0.1, 0.15) is 33.6 Å². The van der Waals surface area contributed by atoms with Gasteiger partial charge in [-0.15, -0.1) is 0 Å². The Morgan fingerprint density at radius 3 is 2.55 bits per heavy atom. The van der Waals surface area contributed by atoms with E-state index >= 15 is 0 Å². The van der Waals surface area contributed by atoms with Crippen molar-refractivity contribution in [2.45, 2.75) is 45.3 Å². The van der Waals surface area contributed by atoms with Gasteiger partial charge in [-0.3, -0.25) is 0 Å². The quantitative estimate of drug-likeness (QED) is 0.908. The van der Waals surface area contributed by atoms with Crippen molar-refractivity contribution >= 4 is 35.2 Å². The number of carbonyl (C=O) groups excluding carboxylic acids is 1. The van der Waals surface area contributed by atoms with Crippen molar-refractivity contribution in [1.29, 1.82) is 0 Å². The Morgan fingerprint density at radius 2 is 2.05 bits per heavy atom. The number of nitrogens with zero attached hydrogens (tertiary/aromatic N) is 3. The van der Waals surface area contributed by atoms with Gasteiger partial charge < -0.3 is 15.0 Å². The first-order valence-electron chi connectivity index (χ1n) is 6.57. The van der Waals surface area contributed by atoms with Gasteiger partial charge in [0, 0.05) is 19.1 Å². The van der Waals surface area contributed by atoms with Crippen LogP contribution in [-0.4, -0.2) is 39.6 Å². The zero-order chi connectivity index (χ0) is 14.8. The van der Waals surface area contributed by atoms with E-state index in [1.165, 1.54) is 0 Å². The number of alkyl carbamates (subject to hydrolysis) is 1. The van der Waals surface area contributed by atoms with E-state index in [-0.39, 0.29) is 12.1 Å². The first kappa shape index (κ1) is 15.3. The average molecular weight is 319 g/mol. The van der Waals surface area contributed by atoms with Crippen LogP contribution in [0.15, 0.2) is 0 Å². The number of anilines is 1. The molecule has 0 radical (unpaired) electrons. The summed E-state index contributed by atoms with van der Waals surface area (Å²) in [7, 11) is 0. The molecule has 1 aliphatic rings. The Bertz CT molecular complexity index is 466. The summed E-state index contributed by atoms with van der Waals surface area (Å²) in [5.74, 6) is 0.743. The van der Waals surface area contributed by atoms with Crippen LogP contribution in [0, 0.1) is 0 Å². The second-order valence-electron chi connectivity index (χ2n) is 5.79. The fourth-order valence-corrected chi connectivity index (χ4v) is 2.85. The third-order valence-electron chi connectivity index (χ3n) is 2.95. The van der Waals surface area contributed by atoms with Gasteiger partial charge in [0.1, 0.15) is 5.60 Å². The molecule has 2 heterocycles. The lowest BCUT2D eigenvalue weighted by atomic mass is 10.1. The van der Waals surface area contributed by atoms with Crippen LogP contribution in [0.4, 0.5) is 10.6 Å². The third-order valence-corrected chi connectivity index (χ3v) is 3.82. The second-order valence-corrected chi connectivity index (χ2v) is 6.67. The highest BCUT2D eigenvalue weighted by molar-refractivity contribution is 6.99. The average Bonchev–Trinajstić information content (AvgIpc) is 2.74. The number of amides is 1. The predicted molar refractivity (Wildman–Crippen MR) is 79.5 cm³/mol. The minimum absolute atomic E-state index is 0.131. The molecule has 1 N–H and O–H groups in total. The minimum Gasteiger partial charge on any atom is -0.444 e. The Hall–Kier alpha value is -1.08. The molecule has 20 heavy (non-hydrogen) atoms. The number of hydrogen-bond acceptors (Lipinski definition) is 6. The van der Waals surface area contributed by atoms with E-state index in [1.54, 1.807) is 0 Å². The number of piperidine rings is 1. The number of hydrogen-bond donors (Lipinski definition) is 1. The number of nitrogens with one attached hydrogen (secondary N) is 1. The Balaban J connectivity index is 1.80. The molecule has 0 spiro atoms. The van der Waals surface area contributed by atoms with Crippen molar-refractivity contribution in [2.24, 2.45) is 0 Å². The van der Waals surface area contributed by atoms with Crippen molar-refractivity contribution in [1.82, 2.24) is 14.1 Å². The summed E-state index contributed by atoms with van der Waals surface area (Å²) in [4.78, 5) is 13.8. The molecule has 8 heteroatoms. The molecule has 0 aliphatic carbocycles. The smallest absolute Gasteiger partial charge is 0.407 e. The second kappa shape index (κ2) is 6.13. The van der Waals surface area contributed by atoms with Gasteiger partial charge in [0.25, 0.3) is 0 Å². The molecule has 6 nitrogen and oxygen atoms in total. The van der Waals surface area contributed by atoms with Gasteiger partial charge in [-0.2, -0.15) is 8.75 Å². The van der Waals surface area contributed by atoms with Crippen molar-refractivity contribution in [3.63, 3.8) is 0 Å². The molecule has 112 valence electrons. The van der Waals surface area contributed by atoms with Gasteiger partial charge in [-0.1, -0.05) is 11.6 Å². The molecule has 1 aromatic heterocycles. The first-order chi connectivity index (χ1) is 9.35. The highest BCUT2D eigenvalue weighted by atomic mass is 35.5. The maximum absolute atomic E-state index is 11.7. The molecular formula is C12H19ClN4O2S. The van der Waals surface area contributed by atoms with Crippen molar-refractivity contribution in [3.8, 4) is 0 Å². The van der Waals surface area contributed by atoms with Crippen LogP contribution in [0.2, 0.25) is 5.15 Å². The summed E-state index contributed by atoms with van der Waals surface area (Å²) in [6.45, 7) is 7.16. The van der Waals surface area contributed by atoms with Crippen molar-refractivity contribution in [2.75, 3.05) is 18.0 Å². The lowest BCUT2D eigenvalue weighted by molar-refractivity contribution is 0.0497. The summed E-state index contributed by atoms with van der Waals surface area (Å²) in [5.41, 5.74) is -0.468. The Kier molecular flexibility index (Phi) is 4.70. The van der Waals surface area contributed by atoms with E-state index < -0.39 is 5.60 Å². The maximum Gasteiger partial charge on any atom is 0.407 e. The van der Waals surface area contributed by atoms with Gasteiger partial charge in [0.15, 0.2) is 11.0 Å². The topological polar surface area (TPSA) is 67.3 Å². The van der Waals surface area contributed by atoms with E-state index in [4.69, 9.17) is 16.3 Å². The first-order valence-corrected chi connectivity index (χ1v) is 7.68. The molecule has 1 aromatic rings. The van der Waals surface area contributed by atoms with Crippen molar-refractivity contribution < 1.29 is 9.53 Å². The van der Waals surface area contributed by atoms with Crippen LogP contribution in [0.3, 0.4) is 0 Å². The van der Waals surface area contributed by atoms with Crippen LogP contribution < -0.4 is 10.2 Å². The van der Waals surface area contributed by atoms with E-state index in [2.05, 4.69) is 19.0 Å². The van der Waals surface area contributed by atoms with Gasteiger partial charge in [0.2, 0.25) is 0 Å². The Morgan fingerprint density at radius 1 is 1.40 bits per heavy atom. The molecule has 0 aromatic carbocycles. The lowest BCUT2D eigenvalue weighted by Gasteiger charge is -2.32. The number of halogens is 1. The summed E-state index contributed by atoms with van der Waals surface area (Å²) >= 11 is 7.09. The fourth-order valence-electron chi connectivity index (χ4n) is 2.07. The normalized spacial score (nSPS) is 17.1. The summed E-state index contributed by atoms with van der Waals surface area (Å²) in [5, 5.41) is 3.35. The number of aromatic nitrogens is 2. The zero-order valence-corrected chi connectivity index (χ0v) is 13.4. The molecule has 0 unspecified atom stereocenters. The van der Waals surface area contributed by atoms with E-state index in [1.807, 2.05) is 20.8 Å². The maximum atomic E-state index is 11.7. The number of carbonyl (C=O) groups is 1. The van der Waals surface area contributed by atoms with Crippen LogP contribution >= 0.6 is 23.3 Å². The molecule has 2 rings (SSSR count). The molecule has 0 bridgehead atoms. The highest BCUT2D eigenvalue weighted by Gasteiger charge is 2.25. The third kappa shape index (κ3) is 4.21. The monoisotopic (exact) mass is 318 g/mol. The minimum atomic E-state index is -0.468. The van der Waals surface area contributed by atoms with Crippen molar-refractivity contribution in [3.05, 3.63) is 5.15 Å². The molecule has 1 saturated heterocycles. The summed E-state index contributed by atoms with van der Waals surface area (Å²) in [6, 6.07) is 0.131. The van der Waals surface area contributed by atoms with Crippen LogP contribution in [0.25, 0.3) is 0 Å². The van der Waals surface area contributed by atoms with E-state index in [0.717, 1.165) is 43.5 Å². The van der Waals surface area contributed by atoms with E-state index in [9.17, 15) is 4.79 Å². The molecule has 0 atom stereocenters. The number of ether oxygens (including phenoxy) is 1. The molecule has 1 amide bonds. The van der Waals surface area contributed by atoms with Gasteiger partial charge in [-0.05, 0) is 33.6 Å². The summed E-state index contributed by atoms with van der Waals surface area (Å²) < 4.78 is 13.4. The zero-order valence-electron chi connectivity index (χ0n) is 11.9.